The number of sulfonamides is 1. The first-order valence-electron chi connectivity index (χ1n) is 6.08. The van der Waals surface area contributed by atoms with Gasteiger partial charge >= 0.3 is 0 Å². The van der Waals surface area contributed by atoms with Gasteiger partial charge < -0.3 is 4.74 Å². The quantitative estimate of drug-likeness (QED) is 0.855. The molecule has 0 saturated carbocycles. The van der Waals surface area contributed by atoms with Gasteiger partial charge in [0.15, 0.2) is 0 Å². The first kappa shape index (κ1) is 15.3. The van der Waals surface area contributed by atoms with Crippen molar-refractivity contribution in [3.63, 3.8) is 0 Å². The minimum absolute atomic E-state index is 0.0168. The summed E-state index contributed by atoms with van der Waals surface area (Å²) in [5.41, 5.74) is -0.374. The molecule has 1 atom stereocenters. The Labute approximate surface area is 123 Å². The molecule has 5 nitrogen and oxygen atoms in total. The van der Waals surface area contributed by atoms with Gasteiger partial charge in [-0.3, -0.25) is 0 Å². The zero-order valence-corrected chi connectivity index (χ0v) is 12.8. The van der Waals surface area contributed by atoms with E-state index in [4.69, 9.17) is 16.3 Å². The van der Waals surface area contributed by atoms with Crippen molar-refractivity contribution in [1.29, 1.82) is 5.26 Å². The number of likely N-dealkylation sites (N-methyl/N-ethyl adjacent to an activating group) is 1. The number of ether oxygens (including phenoxy) is 1. The molecule has 20 heavy (non-hydrogen) atoms. The van der Waals surface area contributed by atoms with Gasteiger partial charge in [0.05, 0.1) is 17.7 Å². The van der Waals surface area contributed by atoms with Crippen LogP contribution in [-0.2, 0) is 14.8 Å². The standard InChI is InChI=1S/C13H15ClN2O3S/c1-10-3-4-11(14)12(7-10)20(17,18)16(2)13(8-15)5-6-19-9-13/h3-4,7H,5-6,9H2,1-2H3. The van der Waals surface area contributed by atoms with Crippen LogP contribution in [0.1, 0.15) is 12.0 Å². The van der Waals surface area contributed by atoms with Gasteiger partial charge in [0.25, 0.3) is 0 Å². The summed E-state index contributed by atoms with van der Waals surface area (Å²) in [4.78, 5) is 0.0168. The Kier molecular flexibility index (Phi) is 4.07. The minimum Gasteiger partial charge on any atom is -0.378 e. The molecule has 1 aromatic carbocycles. The van der Waals surface area contributed by atoms with Crippen LogP contribution < -0.4 is 0 Å². The minimum atomic E-state index is -3.85. The molecule has 1 aromatic rings. The number of nitrogens with zero attached hydrogens (tertiary/aromatic N) is 2. The molecule has 7 heteroatoms. The predicted molar refractivity (Wildman–Crippen MR) is 74.9 cm³/mol. The van der Waals surface area contributed by atoms with E-state index < -0.39 is 15.6 Å². The molecule has 0 N–H and O–H groups in total. The van der Waals surface area contributed by atoms with Crippen LogP contribution >= 0.6 is 11.6 Å². The molecule has 1 unspecified atom stereocenters. The van der Waals surface area contributed by atoms with Gasteiger partial charge in [0, 0.05) is 20.1 Å². The first-order chi connectivity index (χ1) is 9.33. The molecule has 1 aliphatic heterocycles. The maximum atomic E-state index is 12.7. The third kappa shape index (κ3) is 2.42. The predicted octanol–water partition coefficient (Wildman–Crippen LogP) is 1.95. The van der Waals surface area contributed by atoms with Gasteiger partial charge in [-0.25, -0.2) is 8.42 Å². The van der Waals surface area contributed by atoms with Crippen molar-refractivity contribution in [2.24, 2.45) is 0 Å². The van der Waals surface area contributed by atoms with E-state index >= 15 is 0 Å². The van der Waals surface area contributed by atoms with E-state index in [9.17, 15) is 13.7 Å². The monoisotopic (exact) mass is 314 g/mol. The number of aryl methyl sites for hydroxylation is 1. The highest BCUT2D eigenvalue weighted by molar-refractivity contribution is 7.89. The van der Waals surface area contributed by atoms with E-state index in [0.29, 0.717) is 13.0 Å². The summed E-state index contributed by atoms with van der Waals surface area (Å²) < 4.78 is 31.7. The van der Waals surface area contributed by atoms with Crippen molar-refractivity contribution in [2.45, 2.75) is 23.8 Å². The summed E-state index contributed by atoms with van der Waals surface area (Å²) in [5, 5.41) is 9.50. The molecule has 0 bridgehead atoms. The Balaban J connectivity index is 2.50. The summed E-state index contributed by atoms with van der Waals surface area (Å²) >= 11 is 6.00. The molecule has 108 valence electrons. The molecule has 0 aliphatic carbocycles. The Bertz CT molecular complexity index is 661. The second-order valence-electron chi connectivity index (χ2n) is 4.85. The third-order valence-corrected chi connectivity index (χ3v) is 5.94. The van der Waals surface area contributed by atoms with Crippen LogP contribution in [0.15, 0.2) is 23.1 Å². The number of hydrogen-bond acceptors (Lipinski definition) is 4. The van der Waals surface area contributed by atoms with Crippen molar-refractivity contribution in [3.05, 3.63) is 28.8 Å². The average Bonchev–Trinajstić information content (AvgIpc) is 2.90. The number of nitriles is 1. The summed E-state index contributed by atoms with van der Waals surface area (Å²) in [5.74, 6) is 0. The molecule has 0 radical (unpaired) electrons. The SMILES string of the molecule is Cc1ccc(Cl)c(S(=O)(=O)N(C)C2(C#N)CCOC2)c1. The van der Waals surface area contributed by atoms with Crippen molar-refractivity contribution in [3.8, 4) is 6.07 Å². The zero-order chi connectivity index (χ0) is 15.0. The first-order valence-corrected chi connectivity index (χ1v) is 7.89. The van der Waals surface area contributed by atoms with Gasteiger partial charge in [0.1, 0.15) is 10.4 Å². The third-order valence-electron chi connectivity index (χ3n) is 3.54. The molecular weight excluding hydrogens is 300 g/mol. The average molecular weight is 315 g/mol. The second-order valence-corrected chi connectivity index (χ2v) is 7.20. The summed E-state index contributed by atoms with van der Waals surface area (Å²) in [6.07, 6.45) is 0.350. The van der Waals surface area contributed by atoms with Crippen LogP contribution in [0.5, 0.6) is 0 Å². The smallest absolute Gasteiger partial charge is 0.245 e. The van der Waals surface area contributed by atoms with E-state index in [1.165, 1.54) is 13.1 Å². The lowest BCUT2D eigenvalue weighted by Gasteiger charge is -2.30. The van der Waals surface area contributed by atoms with Gasteiger partial charge in [-0.15, -0.1) is 0 Å². The molecule has 1 heterocycles. The van der Waals surface area contributed by atoms with Crippen LogP contribution in [-0.4, -0.2) is 38.5 Å². The Morgan fingerprint density at radius 2 is 2.20 bits per heavy atom. The van der Waals surface area contributed by atoms with Crippen LogP contribution in [0.25, 0.3) is 0 Å². The van der Waals surface area contributed by atoms with Crippen LogP contribution in [0.2, 0.25) is 5.02 Å². The van der Waals surface area contributed by atoms with Gasteiger partial charge in [-0.1, -0.05) is 17.7 Å². The fraction of sp³-hybridized carbons (Fsp3) is 0.462. The summed E-state index contributed by atoms with van der Waals surface area (Å²) in [6.45, 7) is 2.23. The fourth-order valence-electron chi connectivity index (χ4n) is 2.15. The molecule has 0 spiro atoms. The van der Waals surface area contributed by atoms with Crippen LogP contribution in [0, 0.1) is 18.3 Å². The molecule has 1 aliphatic rings. The fourth-order valence-corrected chi connectivity index (χ4v) is 4.15. The molecule has 0 aromatic heterocycles. The summed E-state index contributed by atoms with van der Waals surface area (Å²) in [7, 11) is -2.45. The Morgan fingerprint density at radius 1 is 1.50 bits per heavy atom. The lowest BCUT2D eigenvalue weighted by molar-refractivity contribution is 0.162. The topological polar surface area (TPSA) is 70.4 Å². The van der Waals surface area contributed by atoms with Crippen molar-refractivity contribution >= 4 is 21.6 Å². The highest BCUT2D eigenvalue weighted by atomic mass is 35.5. The lowest BCUT2D eigenvalue weighted by Crippen LogP contribution is -2.49. The normalized spacial score (nSPS) is 22.9. The van der Waals surface area contributed by atoms with E-state index in [2.05, 4.69) is 6.07 Å². The van der Waals surface area contributed by atoms with Gasteiger partial charge in [-0.05, 0) is 24.6 Å². The lowest BCUT2D eigenvalue weighted by atomic mass is 10.0. The van der Waals surface area contributed by atoms with Crippen molar-refractivity contribution in [1.82, 2.24) is 4.31 Å². The molecule has 2 rings (SSSR count). The maximum Gasteiger partial charge on any atom is 0.245 e. The van der Waals surface area contributed by atoms with E-state index in [-0.39, 0.29) is 16.5 Å². The van der Waals surface area contributed by atoms with Gasteiger partial charge in [-0.2, -0.15) is 9.57 Å². The maximum absolute atomic E-state index is 12.7. The van der Waals surface area contributed by atoms with Gasteiger partial charge in [0.2, 0.25) is 10.0 Å². The Morgan fingerprint density at radius 3 is 2.75 bits per heavy atom. The van der Waals surface area contributed by atoms with Crippen molar-refractivity contribution in [2.75, 3.05) is 20.3 Å². The van der Waals surface area contributed by atoms with E-state index in [0.717, 1.165) is 9.87 Å². The van der Waals surface area contributed by atoms with Crippen LogP contribution in [0.3, 0.4) is 0 Å². The molecule has 1 fully saturated rings. The molecule has 1 saturated heterocycles. The van der Waals surface area contributed by atoms with Crippen LogP contribution in [0.4, 0.5) is 0 Å². The Hall–Kier alpha value is -1.13. The zero-order valence-electron chi connectivity index (χ0n) is 11.3. The molecule has 0 amide bonds. The highest BCUT2D eigenvalue weighted by Gasteiger charge is 2.45. The number of halogens is 1. The van der Waals surface area contributed by atoms with E-state index in [1.54, 1.807) is 19.1 Å². The van der Waals surface area contributed by atoms with Crippen molar-refractivity contribution < 1.29 is 13.2 Å². The number of benzene rings is 1. The number of hydrogen-bond donors (Lipinski definition) is 0. The molecular formula is C13H15ClN2O3S. The number of rotatable bonds is 3. The second kappa shape index (κ2) is 5.34. The highest BCUT2D eigenvalue weighted by Crippen LogP contribution is 2.32. The summed E-state index contributed by atoms with van der Waals surface area (Å²) in [6, 6.07) is 6.85. The largest absolute Gasteiger partial charge is 0.378 e. The van der Waals surface area contributed by atoms with E-state index in [1.807, 2.05) is 0 Å².